The first-order valence-corrected chi connectivity index (χ1v) is 9.35. The molecular formula is C15H22ClNO3S. The molecule has 0 amide bonds. The number of benzene rings is 1. The largest absolute Gasteiger partial charge is 0.385 e. The predicted molar refractivity (Wildman–Crippen MR) is 84.8 cm³/mol. The van der Waals surface area contributed by atoms with E-state index in [1.165, 1.54) is 10.6 Å². The van der Waals surface area contributed by atoms with Gasteiger partial charge >= 0.3 is 0 Å². The number of sulfonamides is 1. The molecule has 1 saturated heterocycles. The molecule has 0 saturated carbocycles. The lowest BCUT2D eigenvalue weighted by molar-refractivity contribution is 0.0211. The third-order valence-corrected chi connectivity index (χ3v) is 5.59. The molecule has 1 aromatic carbocycles. The summed E-state index contributed by atoms with van der Waals surface area (Å²) in [5.74, 6) is 0.155. The van der Waals surface area contributed by atoms with Crippen LogP contribution in [0.15, 0.2) is 24.3 Å². The molecule has 118 valence electrons. The van der Waals surface area contributed by atoms with E-state index < -0.39 is 15.6 Å². The third-order valence-electron chi connectivity index (χ3n) is 4.08. The normalized spacial score (nSPS) is 23.7. The molecule has 0 spiro atoms. The van der Waals surface area contributed by atoms with Crippen LogP contribution in [0.2, 0.25) is 5.02 Å². The highest BCUT2D eigenvalue weighted by atomic mass is 35.5. The standard InChI is InChI=1S/C15H22ClNO3S/c1-15(18,13-6-3-7-14(16)9-13)10-12-5-4-8-17(11-12)21(2,19)20/h3,6-7,9,12,18H,4-5,8,10-11H2,1-2H3. The van der Waals surface area contributed by atoms with Crippen molar-refractivity contribution in [2.45, 2.75) is 31.8 Å². The van der Waals surface area contributed by atoms with Gasteiger partial charge in [0.2, 0.25) is 10.0 Å². The van der Waals surface area contributed by atoms with Crippen LogP contribution in [-0.4, -0.2) is 37.2 Å². The fourth-order valence-electron chi connectivity index (χ4n) is 3.00. The Kier molecular flexibility index (Phi) is 4.98. The van der Waals surface area contributed by atoms with Gasteiger partial charge in [0.1, 0.15) is 0 Å². The molecule has 1 aliphatic rings. The molecule has 0 aromatic heterocycles. The summed E-state index contributed by atoms with van der Waals surface area (Å²) in [6.07, 6.45) is 3.54. The number of piperidine rings is 1. The topological polar surface area (TPSA) is 57.6 Å². The van der Waals surface area contributed by atoms with Gasteiger partial charge < -0.3 is 5.11 Å². The zero-order valence-corrected chi connectivity index (χ0v) is 14.0. The van der Waals surface area contributed by atoms with Crippen molar-refractivity contribution in [3.8, 4) is 0 Å². The van der Waals surface area contributed by atoms with Crippen molar-refractivity contribution in [3.63, 3.8) is 0 Å². The van der Waals surface area contributed by atoms with Crippen molar-refractivity contribution >= 4 is 21.6 Å². The number of halogens is 1. The van der Waals surface area contributed by atoms with Gasteiger partial charge in [-0.15, -0.1) is 0 Å². The van der Waals surface area contributed by atoms with Crippen molar-refractivity contribution in [1.82, 2.24) is 4.31 Å². The summed E-state index contributed by atoms with van der Waals surface area (Å²) in [4.78, 5) is 0. The maximum Gasteiger partial charge on any atom is 0.211 e. The minimum Gasteiger partial charge on any atom is -0.385 e. The molecule has 2 atom stereocenters. The fourth-order valence-corrected chi connectivity index (χ4v) is 4.13. The van der Waals surface area contributed by atoms with E-state index in [2.05, 4.69) is 0 Å². The smallest absolute Gasteiger partial charge is 0.211 e. The third kappa shape index (κ3) is 4.42. The van der Waals surface area contributed by atoms with Gasteiger partial charge in [0.05, 0.1) is 11.9 Å². The number of nitrogens with zero attached hydrogens (tertiary/aromatic N) is 1. The Morgan fingerprint density at radius 2 is 2.19 bits per heavy atom. The van der Waals surface area contributed by atoms with Gasteiger partial charge in [0.15, 0.2) is 0 Å². The summed E-state index contributed by atoms with van der Waals surface area (Å²) in [6, 6.07) is 7.20. The summed E-state index contributed by atoms with van der Waals surface area (Å²) in [7, 11) is -3.16. The maximum absolute atomic E-state index is 11.7. The zero-order chi connectivity index (χ0) is 15.7. The molecular weight excluding hydrogens is 310 g/mol. The molecule has 2 rings (SSSR count). The quantitative estimate of drug-likeness (QED) is 0.922. The Bertz CT molecular complexity index is 601. The molecule has 1 heterocycles. The van der Waals surface area contributed by atoms with Gasteiger partial charge in [-0.2, -0.15) is 0 Å². The highest BCUT2D eigenvalue weighted by Crippen LogP contribution is 2.33. The van der Waals surface area contributed by atoms with E-state index in [-0.39, 0.29) is 5.92 Å². The second-order valence-corrected chi connectivity index (χ2v) is 8.54. The Morgan fingerprint density at radius 3 is 2.81 bits per heavy atom. The van der Waals surface area contributed by atoms with E-state index in [9.17, 15) is 13.5 Å². The first kappa shape index (κ1) is 16.7. The first-order valence-electron chi connectivity index (χ1n) is 7.12. The number of rotatable bonds is 4. The first-order chi connectivity index (χ1) is 9.68. The molecule has 0 bridgehead atoms. The average Bonchev–Trinajstić information content (AvgIpc) is 2.37. The lowest BCUT2D eigenvalue weighted by atomic mass is 9.83. The summed E-state index contributed by atoms with van der Waals surface area (Å²) >= 11 is 5.98. The van der Waals surface area contributed by atoms with Gasteiger partial charge in [0, 0.05) is 18.1 Å². The Balaban J connectivity index is 2.09. The van der Waals surface area contributed by atoms with E-state index in [1.54, 1.807) is 19.1 Å². The maximum atomic E-state index is 11.7. The van der Waals surface area contributed by atoms with E-state index in [0.29, 0.717) is 24.5 Å². The van der Waals surface area contributed by atoms with Crippen LogP contribution < -0.4 is 0 Å². The number of hydrogen-bond donors (Lipinski definition) is 1. The minimum absolute atomic E-state index is 0.155. The van der Waals surface area contributed by atoms with Crippen LogP contribution >= 0.6 is 11.6 Å². The Labute approximate surface area is 131 Å². The summed E-state index contributed by atoms with van der Waals surface area (Å²) in [6.45, 7) is 2.82. The van der Waals surface area contributed by atoms with Crippen LogP contribution in [0.25, 0.3) is 0 Å². The lowest BCUT2D eigenvalue weighted by Gasteiger charge is -2.35. The monoisotopic (exact) mass is 331 g/mol. The fraction of sp³-hybridized carbons (Fsp3) is 0.600. The van der Waals surface area contributed by atoms with Crippen molar-refractivity contribution < 1.29 is 13.5 Å². The number of aliphatic hydroxyl groups is 1. The van der Waals surface area contributed by atoms with Crippen LogP contribution in [0.5, 0.6) is 0 Å². The van der Waals surface area contributed by atoms with Crippen LogP contribution in [-0.2, 0) is 15.6 Å². The summed E-state index contributed by atoms with van der Waals surface area (Å²) in [5.41, 5.74) is -0.234. The van der Waals surface area contributed by atoms with E-state index >= 15 is 0 Å². The van der Waals surface area contributed by atoms with Gasteiger partial charge in [0.25, 0.3) is 0 Å². The Hall–Kier alpha value is -0.620. The van der Waals surface area contributed by atoms with Gasteiger partial charge in [-0.05, 0) is 49.8 Å². The van der Waals surface area contributed by atoms with E-state index in [4.69, 9.17) is 11.6 Å². The molecule has 1 fully saturated rings. The van der Waals surface area contributed by atoms with E-state index in [1.807, 2.05) is 12.1 Å². The highest BCUT2D eigenvalue weighted by Gasteiger charge is 2.32. The molecule has 21 heavy (non-hydrogen) atoms. The summed E-state index contributed by atoms with van der Waals surface area (Å²) < 4.78 is 24.8. The predicted octanol–water partition coefficient (Wildman–Crippen LogP) is 2.61. The molecule has 1 aromatic rings. The van der Waals surface area contributed by atoms with Gasteiger partial charge in [-0.25, -0.2) is 12.7 Å². The number of hydrogen-bond acceptors (Lipinski definition) is 3. The summed E-state index contributed by atoms with van der Waals surface area (Å²) in [5, 5.41) is 11.3. The van der Waals surface area contributed by atoms with Gasteiger partial charge in [-0.3, -0.25) is 0 Å². The molecule has 1 aliphatic heterocycles. The van der Waals surface area contributed by atoms with Crippen LogP contribution in [0.1, 0.15) is 31.7 Å². The molecule has 6 heteroatoms. The second-order valence-electron chi connectivity index (χ2n) is 6.12. The van der Waals surface area contributed by atoms with Crippen molar-refractivity contribution in [1.29, 1.82) is 0 Å². The SMILES string of the molecule is CC(O)(CC1CCCN(S(C)(=O)=O)C1)c1cccc(Cl)c1. The molecule has 1 N–H and O–H groups in total. The van der Waals surface area contributed by atoms with Crippen molar-refractivity contribution in [3.05, 3.63) is 34.9 Å². The molecule has 0 radical (unpaired) electrons. The van der Waals surface area contributed by atoms with Crippen LogP contribution in [0.4, 0.5) is 0 Å². The zero-order valence-electron chi connectivity index (χ0n) is 12.4. The Morgan fingerprint density at radius 1 is 1.48 bits per heavy atom. The molecule has 2 unspecified atom stereocenters. The molecule has 4 nitrogen and oxygen atoms in total. The second kappa shape index (κ2) is 6.24. The van der Waals surface area contributed by atoms with Crippen molar-refractivity contribution in [2.24, 2.45) is 5.92 Å². The van der Waals surface area contributed by atoms with Crippen molar-refractivity contribution in [2.75, 3.05) is 19.3 Å². The van der Waals surface area contributed by atoms with Crippen LogP contribution in [0.3, 0.4) is 0 Å². The van der Waals surface area contributed by atoms with Crippen LogP contribution in [0, 0.1) is 5.92 Å². The average molecular weight is 332 g/mol. The lowest BCUT2D eigenvalue weighted by Crippen LogP contribution is -2.41. The van der Waals surface area contributed by atoms with E-state index in [0.717, 1.165) is 18.4 Å². The minimum atomic E-state index is -3.16. The van der Waals surface area contributed by atoms with Gasteiger partial charge in [-0.1, -0.05) is 23.7 Å². The molecule has 0 aliphatic carbocycles. The highest BCUT2D eigenvalue weighted by molar-refractivity contribution is 7.88.